The molecule has 0 unspecified atom stereocenters. The second kappa shape index (κ2) is 10.7. The van der Waals surface area contributed by atoms with Gasteiger partial charge in [0.1, 0.15) is 42.1 Å². The predicted octanol–water partition coefficient (Wildman–Crippen LogP) is 3.67. The maximum absolute atomic E-state index is 14.1. The molecule has 0 N–H and O–H groups in total. The van der Waals surface area contributed by atoms with Gasteiger partial charge in [0.25, 0.3) is 5.56 Å². The number of aryl methyl sites for hydroxylation is 1. The predicted molar refractivity (Wildman–Crippen MR) is 147 cm³/mol. The lowest BCUT2D eigenvalue weighted by Gasteiger charge is -2.24. The molecule has 1 aliphatic heterocycles. The van der Waals surface area contributed by atoms with Crippen LogP contribution in [0.1, 0.15) is 56.6 Å². The second-order valence-corrected chi connectivity index (χ2v) is 10.1. The van der Waals surface area contributed by atoms with E-state index in [1.807, 2.05) is 49.6 Å². The van der Waals surface area contributed by atoms with Gasteiger partial charge in [0.05, 0.1) is 11.7 Å². The Bertz CT molecular complexity index is 1630. The fourth-order valence-electron chi connectivity index (χ4n) is 5.39. The molecule has 0 amide bonds. The minimum atomic E-state index is -0.204. The number of rotatable bonds is 6. The smallest absolute Gasteiger partial charge is 0.357 e. The molecule has 1 aromatic carbocycles. The number of fused-ring (bicyclic) bond motifs is 2. The van der Waals surface area contributed by atoms with Gasteiger partial charge in [0.2, 0.25) is 0 Å². The van der Waals surface area contributed by atoms with Gasteiger partial charge in [-0.2, -0.15) is 5.26 Å². The van der Waals surface area contributed by atoms with Crippen LogP contribution < -0.4 is 20.0 Å². The van der Waals surface area contributed by atoms with Gasteiger partial charge < -0.3 is 14.3 Å². The molecule has 38 heavy (non-hydrogen) atoms. The average molecular weight is 513 g/mol. The molecule has 0 aliphatic carbocycles. The molecule has 5 rings (SSSR count). The lowest BCUT2D eigenvalue weighted by Crippen LogP contribution is -2.49. The van der Waals surface area contributed by atoms with Crippen molar-refractivity contribution in [1.82, 2.24) is 19.1 Å². The quantitative estimate of drug-likeness (QED) is 0.289. The highest BCUT2D eigenvalue weighted by atomic mass is 16.6. The Morgan fingerprint density at radius 3 is 2.61 bits per heavy atom. The summed E-state index contributed by atoms with van der Waals surface area (Å²) in [6.45, 7) is 8.45. The Labute approximate surface area is 222 Å². The molecule has 1 fully saturated rings. The topological polar surface area (TPSA) is 92.9 Å². The molecule has 0 bridgehead atoms. The average Bonchev–Trinajstić information content (AvgIpc) is 3.03. The summed E-state index contributed by atoms with van der Waals surface area (Å²) in [5.74, 6) is 1.39. The SMILES string of the molecule is CO[n+]1c(Cn2cnc3c(C#N)c(N4CCCCCC4)n(CC=C(C)C)c3c2=O)nc2ccccc2c1C. The van der Waals surface area contributed by atoms with Gasteiger partial charge in [0, 0.05) is 26.6 Å². The van der Waals surface area contributed by atoms with E-state index in [4.69, 9.17) is 9.82 Å². The third kappa shape index (κ3) is 4.51. The van der Waals surface area contributed by atoms with Crippen LogP contribution in [0.4, 0.5) is 5.82 Å². The first kappa shape index (κ1) is 25.5. The molecule has 0 radical (unpaired) electrons. The Kier molecular flexibility index (Phi) is 7.14. The molecule has 196 valence electrons. The van der Waals surface area contributed by atoms with Crippen LogP contribution in [0.2, 0.25) is 0 Å². The number of nitrogens with zero attached hydrogens (tertiary/aromatic N) is 7. The Morgan fingerprint density at radius 1 is 1.18 bits per heavy atom. The van der Waals surface area contributed by atoms with Crippen molar-refractivity contribution in [2.75, 3.05) is 25.1 Å². The third-order valence-electron chi connectivity index (χ3n) is 7.28. The summed E-state index contributed by atoms with van der Waals surface area (Å²) < 4.78 is 5.20. The third-order valence-corrected chi connectivity index (χ3v) is 7.28. The van der Waals surface area contributed by atoms with E-state index in [1.165, 1.54) is 19.2 Å². The number of hydrogen-bond acceptors (Lipinski definition) is 6. The number of aromatic nitrogens is 5. The maximum atomic E-state index is 14.1. The van der Waals surface area contributed by atoms with Crippen LogP contribution in [0.15, 0.2) is 47.0 Å². The standard InChI is InChI=1S/C29H34N7O2/c1-20(2)13-16-35-27-26(23(17-30)28(35)33-14-9-5-6-10-15-33)31-19-34(29(27)37)18-25-32-24-12-8-7-11-22(24)21(3)36(25)38-4/h7-8,11-13,19H,5-6,9-10,14-16,18H2,1-4H3/q+1. The van der Waals surface area contributed by atoms with Crippen molar-refractivity contribution in [3.05, 3.63) is 69.7 Å². The molecule has 0 saturated carbocycles. The van der Waals surface area contributed by atoms with E-state index in [0.29, 0.717) is 29.0 Å². The zero-order valence-electron chi connectivity index (χ0n) is 22.6. The lowest BCUT2D eigenvalue weighted by atomic mass is 10.2. The molecule has 0 atom stereocenters. The van der Waals surface area contributed by atoms with Gasteiger partial charge in [0.15, 0.2) is 11.2 Å². The highest BCUT2D eigenvalue weighted by Gasteiger charge is 2.27. The number of hydrogen-bond donors (Lipinski definition) is 0. The van der Waals surface area contributed by atoms with Crippen LogP contribution in [0.25, 0.3) is 21.9 Å². The molecular formula is C29H34N7O2+. The van der Waals surface area contributed by atoms with Gasteiger partial charge in [-0.3, -0.25) is 9.36 Å². The van der Waals surface area contributed by atoms with Crippen molar-refractivity contribution in [3.63, 3.8) is 0 Å². The first-order valence-corrected chi connectivity index (χ1v) is 13.2. The van der Waals surface area contributed by atoms with Crippen molar-refractivity contribution in [3.8, 4) is 6.07 Å². The van der Waals surface area contributed by atoms with Crippen molar-refractivity contribution in [2.45, 2.75) is 59.5 Å². The zero-order valence-corrected chi connectivity index (χ0v) is 22.6. The second-order valence-electron chi connectivity index (χ2n) is 10.1. The molecule has 4 heterocycles. The molecular weight excluding hydrogens is 478 g/mol. The minimum Gasteiger partial charge on any atom is -0.357 e. The van der Waals surface area contributed by atoms with E-state index in [9.17, 15) is 10.1 Å². The Morgan fingerprint density at radius 2 is 1.92 bits per heavy atom. The zero-order chi connectivity index (χ0) is 26.8. The van der Waals surface area contributed by atoms with Crippen LogP contribution in [0, 0.1) is 18.3 Å². The fourth-order valence-corrected chi connectivity index (χ4v) is 5.39. The van der Waals surface area contributed by atoms with E-state index < -0.39 is 0 Å². The monoisotopic (exact) mass is 512 g/mol. The summed E-state index contributed by atoms with van der Waals surface area (Å²) in [4.78, 5) is 31.5. The van der Waals surface area contributed by atoms with E-state index in [0.717, 1.165) is 53.9 Å². The van der Waals surface area contributed by atoms with Crippen molar-refractivity contribution >= 4 is 27.8 Å². The Balaban J connectivity index is 1.70. The van der Waals surface area contributed by atoms with Gasteiger partial charge in [-0.25, -0.2) is 4.98 Å². The number of benzene rings is 1. The van der Waals surface area contributed by atoms with Crippen LogP contribution >= 0.6 is 0 Å². The summed E-state index contributed by atoms with van der Waals surface area (Å²) in [5.41, 5.74) is 4.05. The minimum absolute atomic E-state index is 0.177. The van der Waals surface area contributed by atoms with Crippen LogP contribution in [0.3, 0.4) is 0 Å². The summed E-state index contributed by atoms with van der Waals surface area (Å²) in [6.07, 6.45) is 8.10. The first-order valence-electron chi connectivity index (χ1n) is 13.2. The highest BCUT2D eigenvalue weighted by molar-refractivity contribution is 5.89. The number of allylic oxidation sites excluding steroid dienone is 2. The molecule has 9 nitrogen and oxygen atoms in total. The summed E-state index contributed by atoms with van der Waals surface area (Å²) in [7, 11) is 1.59. The van der Waals surface area contributed by atoms with E-state index in [2.05, 4.69) is 22.0 Å². The Hall–Kier alpha value is -4.19. The van der Waals surface area contributed by atoms with Crippen molar-refractivity contribution in [1.29, 1.82) is 5.26 Å². The van der Waals surface area contributed by atoms with Gasteiger partial charge in [-0.15, -0.1) is 0 Å². The molecule has 3 aromatic heterocycles. The number of para-hydroxylation sites is 1. The summed E-state index contributed by atoms with van der Waals surface area (Å²) in [6, 6.07) is 10.2. The highest BCUT2D eigenvalue weighted by Crippen LogP contribution is 2.31. The van der Waals surface area contributed by atoms with Crippen LogP contribution in [-0.2, 0) is 13.1 Å². The van der Waals surface area contributed by atoms with Gasteiger partial charge >= 0.3 is 5.82 Å². The van der Waals surface area contributed by atoms with E-state index in [-0.39, 0.29) is 12.1 Å². The molecule has 9 heteroatoms. The number of anilines is 1. The normalized spacial score (nSPS) is 13.9. The van der Waals surface area contributed by atoms with E-state index in [1.54, 1.807) is 16.4 Å². The maximum Gasteiger partial charge on any atom is 0.357 e. The number of nitriles is 1. The summed E-state index contributed by atoms with van der Waals surface area (Å²) in [5, 5.41) is 11.2. The molecule has 0 spiro atoms. The van der Waals surface area contributed by atoms with Gasteiger partial charge in [-0.05, 0) is 48.5 Å². The molecule has 4 aromatic rings. The van der Waals surface area contributed by atoms with Gasteiger partial charge in [-0.1, -0.05) is 36.6 Å². The van der Waals surface area contributed by atoms with E-state index >= 15 is 0 Å². The van der Waals surface area contributed by atoms with Crippen LogP contribution in [-0.4, -0.2) is 39.3 Å². The first-order chi connectivity index (χ1) is 18.4. The van der Waals surface area contributed by atoms with Crippen LogP contribution in [0.5, 0.6) is 0 Å². The van der Waals surface area contributed by atoms with Crippen molar-refractivity contribution < 1.29 is 9.57 Å². The molecule has 1 aliphatic rings. The summed E-state index contributed by atoms with van der Waals surface area (Å²) >= 11 is 0. The van der Waals surface area contributed by atoms with Crippen molar-refractivity contribution in [2.24, 2.45) is 0 Å². The molecule has 1 saturated heterocycles. The fraction of sp³-hybridized carbons (Fsp3) is 0.414. The largest absolute Gasteiger partial charge is 0.357 e. The lowest BCUT2D eigenvalue weighted by molar-refractivity contribution is -0.895.